The molecule has 8 N–H and O–H groups in total. The molecule has 2 unspecified atom stereocenters. The zero-order valence-corrected chi connectivity index (χ0v) is 22.0. The van der Waals surface area contributed by atoms with Gasteiger partial charge in [-0.3, -0.25) is 14.5 Å². The summed E-state index contributed by atoms with van der Waals surface area (Å²) in [7, 11) is 0. The first-order valence-corrected chi connectivity index (χ1v) is 13.0. The molecule has 18 heteroatoms. The zero-order chi connectivity index (χ0) is 27.3. The molecule has 3 heterocycles. The molecule has 38 heavy (non-hydrogen) atoms. The van der Waals surface area contributed by atoms with Gasteiger partial charge in [-0.1, -0.05) is 18.0 Å². The molecule has 2 aromatic heterocycles. The summed E-state index contributed by atoms with van der Waals surface area (Å²) in [5.74, 6) is -2.17. The fourth-order valence-corrected chi connectivity index (χ4v) is 4.51. The van der Waals surface area contributed by atoms with Crippen LogP contribution in [0.5, 0.6) is 0 Å². The second-order valence-electron chi connectivity index (χ2n) is 8.61. The summed E-state index contributed by atoms with van der Waals surface area (Å²) in [6, 6.07) is -0.516. The van der Waals surface area contributed by atoms with Crippen molar-refractivity contribution in [3.05, 3.63) is 23.0 Å². The number of hydrogen-bond donors (Lipinski definition) is 7. The van der Waals surface area contributed by atoms with Crippen LogP contribution in [0.2, 0.25) is 0 Å². The molecule has 0 bridgehead atoms. The largest absolute Gasteiger partial charge is 0.478 e. The Morgan fingerprint density at radius 3 is 2.84 bits per heavy atom. The number of nitrogens with zero attached hydrogens (tertiary/aromatic N) is 6. The van der Waals surface area contributed by atoms with Crippen LogP contribution < -0.4 is 22.1 Å². The highest BCUT2D eigenvalue weighted by Gasteiger charge is 2.56. The van der Waals surface area contributed by atoms with Crippen LogP contribution in [0.4, 0.5) is 5.13 Å². The number of thiol groups is 1. The van der Waals surface area contributed by atoms with E-state index in [4.69, 9.17) is 26.5 Å². The minimum Gasteiger partial charge on any atom is -0.478 e. The molecule has 206 valence electrons. The normalized spacial score (nSPS) is 20.1. The summed E-state index contributed by atoms with van der Waals surface area (Å²) in [5.41, 5.74) is 10.8. The summed E-state index contributed by atoms with van der Waals surface area (Å²) >= 11 is 5.46. The molecule has 1 amide bonds. The second-order valence-corrected chi connectivity index (χ2v) is 9.93. The molecular weight excluding hydrogens is 538 g/mol. The van der Waals surface area contributed by atoms with Gasteiger partial charge in [-0.15, -0.1) is 11.3 Å². The monoisotopic (exact) mass is 567 g/mol. The first-order valence-electron chi connectivity index (χ1n) is 11.7. The van der Waals surface area contributed by atoms with Gasteiger partial charge in [-0.25, -0.2) is 9.78 Å². The van der Waals surface area contributed by atoms with E-state index in [2.05, 4.69) is 43.8 Å². The number of carbonyl (C=O) groups excluding carboxylic acids is 1. The molecule has 2 aromatic rings. The van der Waals surface area contributed by atoms with Crippen molar-refractivity contribution in [2.75, 3.05) is 32.0 Å². The maximum atomic E-state index is 12.8. The van der Waals surface area contributed by atoms with Crippen LogP contribution in [0.1, 0.15) is 24.2 Å². The molecule has 2 aliphatic rings. The van der Waals surface area contributed by atoms with Gasteiger partial charge >= 0.3 is 5.97 Å². The first-order chi connectivity index (χ1) is 18.2. The molecule has 1 aliphatic carbocycles. The Kier molecular flexibility index (Phi) is 8.65. The van der Waals surface area contributed by atoms with Crippen LogP contribution in [0.25, 0.3) is 0 Å². The van der Waals surface area contributed by atoms with Gasteiger partial charge in [0, 0.05) is 31.3 Å². The topological polar surface area (TPSA) is 232 Å². The number of thiazole rings is 1. The van der Waals surface area contributed by atoms with Gasteiger partial charge < -0.3 is 36.8 Å². The molecule has 1 saturated carbocycles. The number of nitrogens with one attached hydrogen (secondary N) is 3. The lowest BCUT2D eigenvalue weighted by atomic mass is 9.84. The quantitative estimate of drug-likeness (QED) is 0.0349. The number of ether oxygens (including phenoxy) is 1. The third-order valence-electron chi connectivity index (χ3n) is 5.87. The number of carbonyl (C=O) groups is 2. The molecule has 1 saturated heterocycles. The number of guanidine groups is 1. The maximum Gasteiger partial charge on any atom is 0.350 e. The Morgan fingerprint density at radius 1 is 1.39 bits per heavy atom. The maximum absolute atomic E-state index is 12.8. The predicted octanol–water partition coefficient (Wildman–Crippen LogP) is -1.38. The number of carboxylic acid groups (broad SMARTS) is 1. The number of β-lactam (4-membered cyclic amide) rings is 1. The van der Waals surface area contributed by atoms with Gasteiger partial charge in [0.15, 0.2) is 11.1 Å². The van der Waals surface area contributed by atoms with Crippen molar-refractivity contribution < 1.29 is 24.3 Å². The summed E-state index contributed by atoms with van der Waals surface area (Å²) in [5, 5.41) is 37.7. The highest BCUT2D eigenvalue weighted by Crippen LogP contribution is 2.41. The summed E-state index contributed by atoms with van der Waals surface area (Å²) in [6.45, 7) is 2.22. The van der Waals surface area contributed by atoms with Crippen LogP contribution in [-0.4, -0.2) is 90.9 Å². The van der Waals surface area contributed by atoms with Crippen molar-refractivity contribution in [1.82, 2.24) is 34.9 Å². The Bertz CT molecular complexity index is 1200. The van der Waals surface area contributed by atoms with E-state index in [1.807, 2.05) is 0 Å². The van der Waals surface area contributed by atoms with Crippen molar-refractivity contribution in [2.24, 2.45) is 16.8 Å². The van der Waals surface area contributed by atoms with E-state index in [9.17, 15) is 14.7 Å². The number of hydrogen-bond acceptors (Lipinski definition) is 13. The van der Waals surface area contributed by atoms with Crippen molar-refractivity contribution in [1.29, 1.82) is 5.41 Å². The molecule has 0 aromatic carbocycles. The lowest BCUT2D eigenvalue weighted by Crippen LogP contribution is -2.61. The van der Waals surface area contributed by atoms with Gasteiger partial charge in [0.05, 0.1) is 38.5 Å². The average molecular weight is 568 g/mol. The van der Waals surface area contributed by atoms with E-state index >= 15 is 0 Å². The van der Waals surface area contributed by atoms with E-state index in [-0.39, 0.29) is 35.8 Å². The molecule has 1 aliphatic heterocycles. The van der Waals surface area contributed by atoms with Crippen molar-refractivity contribution in [2.45, 2.75) is 37.6 Å². The molecule has 4 rings (SSSR count). The molecule has 2 atom stereocenters. The van der Waals surface area contributed by atoms with Crippen molar-refractivity contribution in [3.63, 3.8) is 0 Å². The fraction of sp³-hybridized carbons (Fsp3) is 0.550. The highest BCUT2D eigenvalue weighted by atomic mass is 32.1. The van der Waals surface area contributed by atoms with Crippen molar-refractivity contribution in [3.8, 4) is 0 Å². The van der Waals surface area contributed by atoms with Crippen LogP contribution in [-0.2, 0) is 32.3 Å². The highest BCUT2D eigenvalue weighted by molar-refractivity contribution is 7.78. The number of carboxylic acids is 1. The van der Waals surface area contributed by atoms with Crippen LogP contribution in [0.15, 0.2) is 16.7 Å². The Hall–Kier alpha value is -3.48. The number of anilines is 1. The number of nitrogens with two attached hydrogens (primary N) is 2. The zero-order valence-electron chi connectivity index (χ0n) is 20.2. The van der Waals surface area contributed by atoms with E-state index in [0.29, 0.717) is 50.5 Å². The number of aromatic nitrogens is 4. The third-order valence-corrected chi connectivity index (χ3v) is 7.04. The van der Waals surface area contributed by atoms with E-state index in [1.165, 1.54) is 20.4 Å². The number of amides is 1. The van der Waals surface area contributed by atoms with Gasteiger partial charge in [-0.05, 0) is 0 Å². The summed E-state index contributed by atoms with van der Waals surface area (Å²) in [6.07, 6.45) is 2.19. The Morgan fingerprint density at radius 2 is 2.18 bits per heavy atom. The lowest BCUT2D eigenvalue weighted by molar-refractivity contribution is -0.153. The first kappa shape index (κ1) is 27.6. The second kappa shape index (κ2) is 11.9. The minimum absolute atomic E-state index is 0.111. The van der Waals surface area contributed by atoms with E-state index in [1.54, 1.807) is 11.6 Å². The van der Waals surface area contributed by atoms with Gasteiger partial charge in [0.1, 0.15) is 23.0 Å². The minimum atomic E-state index is -1.39. The average Bonchev–Trinajstić information content (AvgIpc) is 3.36. The fourth-order valence-electron chi connectivity index (χ4n) is 3.62. The number of rotatable bonds is 14. The molecular formula is C20H29N11O5S2. The summed E-state index contributed by atoms with van der Waals surface area (Å²) < 4.78 is 6.49. The number of aliphatic carboxylic acids is 1. The molecule has 16 nitrogen and oxygen atoms in total. The summed E-state index contributed by atoms with van der Waals surface area (Å²) in [4.78, 5) is 35.4. The predicted molar refractivity (Wildman–Crippen MR) is 139 cm³/mol. The standard InChI is InChI=1S/C20H29N11O5S2/c21-3-5-35-6-4-24-18(22)25-7-11-8-26-30(28-11)9-13-14(16(32)31(13)37)15(12-10-38-19(23)27-12)29-36-20(1-2-20)17(33)34/h8,10,13-14,37H,1-7,9,21H2,(H2,23,27)(H,33,34)(H3,22,24,25)/b29-15-. The Balaban J connectivity index is 1.39. The number of nitrogen functional groups attached to an aromatic ring is 1. The van der Waals surface area contributed by atoms with Crippen LogP contribution >= 0.6 is 24.2 Å². The molecule has 0 radical (unpaired) electrons. The third kappa shape index (κ3) is 6.32. The number of oxime groups is 1. The molecule has 0 spiro atoms. The Labute approximate surface area is 226 Å². The van der Waals surface area contributed by atoms with Crippen molar-refractivity contribution >= 4 is 52.8 Å². The SMILES string of the molecule is N=C(NCCOCCN)NCc1cnn(CC2C(/C(=N\OC3(C(=O)O)CC3)c3csc(N)n3)C(=O)N2S)n1. The van der Waals surface area contributed by atoms with Gasteiger partial charge in [0.2, 0.25) is 11.5 Å². The van der Waals surface area contributed by atoms with Gasteiger partial charge in [0.25, 0.3) is 0 Å². The lowest BCUT2D eigenvalue weighted by Gasteiger charge is -2.43. The van der Waals surface area contributed by atoms with Crippen LogP contribution in [0, 0.1) is 11.3 Å². The van der Waals surface area contributed by atoms with Crippen LogP contribution in [0.3, 0.4) is 0 Å². The van der Waals surface area contributed by atoms with Gasteiger partial charge in [-0.2, -0.15) is 15.0 Å². The molecule has 2 fully saturated rings. The smallest absolute Gasteiger partial charge is 0.350 e. The van der Waals surface area contributed by atoms with E-state index in [0.717, 1.165) is 0 Å². The van der Waals surface area contributed by atoms with E-state index < -0.39 is 23.5 Å².